The summed E-state index contributed by atoms with van der Waals surface area (Å²) >= 11 is 0. The molecule has 0 aromatic carbocycles. The van der Waals surface area contributed by atoms with E-state index in [1.54, 1.807) is 6.20 Å². The molecule has 1 radical (unpaired) electrons. The van der Waals surface area contributed by atoms with E-state index in [1.165, 1.54) is 0 Å². The van der Waals surface area contributed by atoms with Gasteiger partial charge < -0.3 is 10.1 Å². The molecule has 61 valence electrons. The van der Waals surface area contributed by atoms with Gasteiger partial charge in [-0.3, -0.25) is 10.1 Å². The molecule has 0 saturated heterocycles. The molecule has 9 nitrogen and oxygen atoms in total. The fourth-order valence-electron chi connectivity index (χ4n) is 0.477. The first-order chi connectivity index (χ1) is 5.63. The molecule has 0 unspecified atom stereocenters. The molecule has 9 heteroatoms. The van der Waals surface area contributed by atoms with Gasteiger partial charge in [-0.15, -0.1) is 0 Å². The van der Waals surface area contributed by atoms with Crippen molar-refractivity contribution in [3.05, 3.63) is 26.4 Å². The van der Waals surface area contributed by atoms with Crippen molar-refractivity contribution < 1.29 is 9.85 Å². The average molecular weight is 170 g/mol. The molecule has 0 aliphatic carbocycles. The first kappa shape index (κ1) is 7.91. The Morgan fingerprint density at radius 3 is 2.33 bits per heavy atom. The Labute approximate surface area is 64.3 Å². The Hall–Kier alpha value is -2.19. The van der Waals surface area contributed by atoms with Crippen LogP contribution in [-0.4, -0.2) is 25.3 Å². The predicted molar refractivity (Wildman–Crippen MR) is 32.0 cm³/mol. The van der Waals surface area contributed by atoms with Crippen LogP contribution in [0.3, 0.4) is 0 Å². The summed E-state index contributed by atoms with van der Waals surface area (Å²) in [4.78, 5) is 18.1. The largest absolute Gasteiger partial charge is 0.472 e. The van der Waals surface area contributed by atoms with Crippen LogP contribution in [0.5, 0.6) is 0 Å². The van der Waals surface area contributed by atoms with Crippen molar-refractivity contribution in [2.75, 3.05) is 0 Å². The van der Waals surface area contributed by atoms with E-state index in [0.717, 1.165) is 0 Å². The Balaban J connectivity index is 3.27. The summed E-state index contributed by atoms with van der Waals surface area (Å²) in [7, 11) is 0. The first-order valence-electron chi connectivity index (χ1n) is 2.52. The van der Waals surface area contributed by atoms with Crippen LogP contribution in [0.4, 0.5) is 11.5 Å². The molecule has 0 bridgehead atoms. The van der Waals surface area contributed by atoms with Crippen LogP contribution in [0.1, 0.15) is 0 Å². The van der Waals surface area contributed by atoms with Gasteiger partial charge in [-0.1, -0.05) is 5.10 Å². The van der Waals surface area contributed by atoms with E-state index in [1.807, 2.05) is 0 Å². The molecule has 0 aliphatic heterocycles. The van der Waals surface area contributed by atoms with Gasteiger partial charge >= 0.3 is 11.5 Å². The summed E-state index contributed by atoms with van der Waals surface area (Å²) in [6.45, 7) is 0. The molecule has 1 aromatic rings. The van der Waals surface area contributed by atoms with Gasteiger partial charge in [0.25, 0.3) is 0 Å². The molecule has 0 spiro atoms. The van der Waals surface area contributed by atoms with Crippen molar-refractivity contribution in [1.82, 2.24) is 15.4 Å². The number of nitrogens with zero attached hydrogens (tertiary/aromatic N) is 5. The zero-order valence-corrected chi connectivity index (χ0v) is 5.37. The van der Waals surface area contributed by atoms with E-state index in [2.05, 4.69) is 15.4 Å². The second-order valence-corrected chi connectivity index (χ2v) is 1.59. The van der Waals surface area contributed by atoms with Crippen LogP contribution < -0.4 is 0 Å². The van der Waals surface area contributed by atoms with E-state index in [9.17, 15) is 20.2 Å². The van der Waals surface area contributed by atoms with Gasteiger partial charge in [0, 0.05) is 0 Å². The summed E-state index contributed by atoms with van der Waals surface area (Å²) in [6, 6.07) is 0. The SMILES string of the molecule is O=[N+]([O-])c1[c]nnnc1[N+](=O)[O-]. The molecular weight excluding hydrogens is 170 g/mol. The van der Waals surface area contributed by atoms with Crippen molar-refractivity contribution in [3.63, 3.8) is 0 Å². The molecule has 1 aromatic heterocycles. The highest BCUT2D eigenvalue weighted by atomic mass is 16.6. The third-order valence-corrected chi connectivity index (χ3v) is 0.907. The summed E-state index contributed by atoms with van der Waals surface area (Å²) in [5.74, 6) is -0.963. The van der Waals surface area contributed by atoms with Crippen molar-refractivity contribution in [2.45, 2.75) is 0 Å². The zero-order chi connectivity index (χ0) is 9.14. The molecular formula is C3N5O4. The highest BCUT2D eigenvalue weighted by molar-refractivity contribution is 5.41. The second kappa shape index (κ2) is 2.82. The van der Waals surface area contributed by atoms with Crippen LogP contribution in [0.25, 0.3) is 0 Å². The monoisotopic (exact) mass is 170 g/mol. The Bertz CT molecular complexity index is 304. The van der Waals surface area contributed by atoms with E-state index >= 15 is 0 Å². The van der Waals surface area contributed by atoms with Crippen molar-refractivity contribution in [1.29, 1.82) is 0 Å². The van der Waals surface area contributed by atoms with Crippen LogP contribution in [0.2, 0.25) is 0 Å². The molecule has 12 heavy (non-hydrogen) atoms. The number of hydrogen-bond donors (Lipinski definition) is 0. The summed E-state index contributed by atoms with van der Waals surface area (Å²) in [5, 5.41) is 28.8. The normalized spacial score (nSPS) is 9.33. The summed E-state index contributed by atoms with van der Waals surface area (Å²) in [6.07, 6.45) is 1.75. The number of hydrogen-bond acceptors (Lipinski definition) is 7. The van der Waals surface area contributed by atoms with E-state index < -0.39 is 21.4 Å². The maximum absolute atomic E-state index is 10.1. The second-order valence-electron chi connectivity index (χ2n) is 1.59. The Kier molecular flexibility index (Phi) is 1.86. The minimum atomic E-state index is -1.02. The van der Waals surface area contributed by atoms with Gasteiger partial charge in [0.2, 0.25) is 6.20 Å². The number of nitro groups is 2. The lowest BCUT2D eigenvalue weighted by Gasteiger charge is -1.89. The smallest absolute Gasteiger partial charge is 0.358 e. The average Bonchev–Trinajstić information content (AvgIpc) is 2.04. The fourth-order valence-corrected chi connectivity index (χ4v) is 0.477. The van der Waals surface area contributed by atoms with Gasteiger partial charge in [-0.2, -0.15) is 0 Å². The maximum Gasteiger partial charge on any atom is 0.472 e. The van der Waals surface area contributed by atoms with Crippen molar-refractivity contribution in [2.24, 2.45) is 0 Å². The van der Waals surface area contributed by atoms with Gasteiger partial charge in [-0.05, 0) is 4.92 Å². The van der Waals surface area contributed by atoms with Gasteiger partial charge in [-0.25, -0.2) is 0 Å². The Morgan fingerprint density at radius 1 is 1.25 bits per heavy atom. The van der Waals surface area contributed by atoms with Crippen LogP contribution in [0.15, 0.2) is 0 Å². The highest BCUT2D eigenvalue weighted by Gasteiger charge is 2.27. The highest BCUT2D eigenvalue weighted by Crippen LogP contribution is 2.19. The van der Waals surface area contributed by atoms with Crippen molar-refractivity contribution in [3.8, 4) is 0 Å². The maximum atomic E-state index is 10.1. The van der Waals surface area contributed by atoms with Gasteiger partial charge in [0.05, 0.1) is 10.1 Å². The minimum Gasteiger partial charge on any atom is -0.358 e. The third-order valence-electron chi connectivity index (χ3n) is 0.907. The third kappa shape index (κ3) is 1.28. The van der Waals surface area contributed by atoms with Gasteiger partial charge in [0.1, 0.15) is 5.10 Å². The minimum absolute atomic E-state index is 0.894. The molecule has 0 fully saturated rings. The summed E-state index contributed by atoms with van der Waals surface area (Å²) in [5.41, 5.74) is -0.894. The number of aromatic nitrogens is 3. The first-order valence-corrected chi connectivity index (χ1v) is 2.52. The quantitative estimate of drug-likeness (QED) is 0.432. The standard InChI is InChI=1S/C3N5O4/c9-7(10)2-1-4-6-5-3(2)8(11)12. The van der Waals surface area contributed by atoms with Crippen LogP contribution >= 0.6 is 0 Å². The lowest BCUT2D eigenvalue weighted by Crippen LogP contribution is -2.02. The molecule has 1 heterocycles. The molecule has 0 atom stereocenters. The number of rotatable bonds is 2. The lowest BCUT2D eigenvalue weighted by molar-refractivity contribution is -0.426. The van der Waals surface area contributed by atoms with Gasteiger partial charge in [0.15, 0.2) is 0 Å². The van der Waals surface area contributed by atoms with Crippen LogP contribution in [0, 0.1) is 26.4 Å². The molecule has 0 N–H and O–H groups in total. The summed E-state index contributed by atoms with van der Waals surface area (Å²) < 4.78 is 0. The van der Waals surface area contributed by atoms with Crippen LogP contribution in [-0.2, 0) is 0 Å². The molecule has 0 amide bonds. The molecule has 0 saturated carbocycles. The predicted octanol–water partition coefficient (Wildman–Crippen LogP) is -0.512. The van der Waals surface area contributed by atoms with E-state index in [-0.39, 0.29) is 0 Å². The lowest BCUT2D eigenvalue weighted by atomic mass is 10.5. The zero-order valence-electron chi connectivity index (χ0n) is 5.37. The van der Waals surface area contributed by atoms with Crippen molar-refractivity contribution >= 4 is 11.5 Å². The fraction of sp³-hybridized carbons (Fsp3) is 0. The van der Waals surface area contributed by atoms with E-state index in [0.29, 0.717) is 0 Å². The Morgan fingerprint density at radius 2 is 1.92 bits per heavy atom. The molecule has 0 aliphatic rings. The molecule has 1 rings (SSSR count). The topological polar surface area (TPSA) is 125 Å². The van der Waals surface area contributed by atoms with E-state index in [4.69, 9.17) is 0 Å².